The lowest BCUT2D eigenvalue weighted by Crippen LogP contribution is -2.26. The van der Waals surface area contributed by atoms with Crippen molar-refractivity contribution < 1.29 is 4.92 Å². The van der Waals surface area contributed by atoms with Crippen LogP contribution in [0.5, 0.6) is 0 Å². The van der Waals surface area contributed by atoms with Crippen LogP contribution in [0.4, 0.5) is 11.5 Å². The number of hydrogen-bond donors (Lipinski definition) is 1. The molecular formula is C11H13ClN4O2. The molecule has 1 aromatic rings. The van der Waals surface area contributed by atoms with E-state index in [1.165, 1.54) is 25.6 Å². The third kappa shape index (κ3) is 1.90. The van der Waals surface area contributed by atoms with Crippen molar-refractivity contribution in [1.29, 1.82) is 0 Å². The summed E-state index contributed by atoms with van der Waals surface area (Å²) in [6.07, 6.45) is 6.04. The molecule has 3 atom stereocenters. The van der Waals surface area contributed by atoms with Crippen LogP contribution in [0.15, 0.2) is 6.33 Å². The lowest BCUT2D eigenvalue weighted by atomic mass is 9.95. The number of nitrogens with one attached hydrogen (secondary N) is 1. The smallest absolute Gasteiger partial charge is 0.348 e. The summed E-state index contributed by atoms with van der Waals surface area (Å²) in [5, 5.41) is 14.1. The quantitative estimate of drug-likeness (QED) is 0.518. The summed E-state index contributed by atoms with van der Waals surface area (Å²) in [4.78, 5) is 18.1. The Balaban J connectivity index is 1.84. The normalized spacial score (nSPS) is 29.5. The van der Waals surface area contributed by atoms with Crippen molar-refractivity contribution in [2.45, 2.75) is 31.7 Å². The maximum atomic E-state index is 11.0. The minimum Gasteiger partial charge on any atom is -0.361 e. The summed E-state index contributed by atoms with van der Waals surface area (Å²) in [5.41, 5.74) is -0.220. The fraction of sp³-hybridized carbons (Fsp3) is 0.636. The van der Waals surface area contributed by atoms with Gasteiger partial charge in [0.2, 0.25) is 11.0 Å². The average molecular weight is 269 g/mol. The second kappa shape index (κ2) is 4.35. The van der Waals surface area contributed by atoms with Crippen molar-refractivity contribution in [3.8, 4) is 0 Å². The molecule has 0 radical (unpaired) electrons. The van der Waals surface area contributed by atoms with Gasteiger partial charge in [-0.1, -0.05) is 18.0 Å². The zero-order chi connectivity index (χ0) is 12.7. The number of halogens is 1. The highest BCUT2D eigenvalue weighted by Gasteiger charge is 2.40. The zero-order valence-electron chi connectivity index (χ0n) is 9.67. The van der Waals surface area contributed by atoms with Crippen molar-refractivity contribution >= 4 is 23.1 Å². The first-order chi connectivity index (χ1) is 8.65. The van der Waals surface area contributed by atoms with Crippen LogP contribution in [0.1, 0.15) is 25.7 Å². The molecule has 1 N–H and O–H groups in total. The molecule has 0 amide bonds. The summed E-state index contributed by atoms with van der Waals surface area (Å²) in [7, 11) is 0. The summed E-state index contributed by atoms with van der Waals surface area (Å²) < 4.78 is 0. The molecule has 2 fully saturated rings. The maximum absolute atomic E-state index is 11.0. The number of fused-ring (bicyclic) bond motifs is 2. The molecular weight excluding hydrogens is 256 g/mol. The highest BCUT2D eigenvalue weighted by atomic mass is 35.5. The average Bonchev–Trinajstić information content (AvgIpc) is 2.90. The first-order valence-electron chi connectivity index (χ1n) is 6.06. The van der Waals surface area contributed by atoms with E-state index < -0.39 is 4.92 Å². The molecule has 2 bridgehead atoms. The van der Waals surface area contributed by atoms with Gasteiger partial charge in [0, 0.05) is 6.04 Å². The van der Waals surface area contributed by atoms with Crippen LogP contribution in [0.3, 0.4) is 0 Å². The van der Waals surface area contributed by atoms with E-state index in [-0.39, 0.29) is 22.7 Å². The van der Waals surface area contributed by atoms with Gasteiger partial charge in [-0.25, -0.2) is 9.97 Å². The van der Waals surface area contributed by atoms with Gasteiger partial charge in [-0.15, -0.1) is 0 Å². The monoisotopic (exact) mass is 268 g/mol. The molecule has 6 nitrogen and oxygen atoms in total. The molecule has 3 unspecified atom stereocenters. The zero-order valence-corrected chi connectivity index (χ0v) is 10.4. The summed E-state index contributed by atoms with van der Waals surface area (Å²) >= 11 is 5.76. The topological polar surface area (TPSA) is 81.0 Å². The number of rotatable bonds is 3. The fourth-order valence-electron chi connectivity index (χ4n) is 3.22. The van der Waals surface area contributed by atoms with E-state index in [9.17, 15) is 10.1 Å². The van der Waals surface area contributed by atoms with Crippen LogP contribution in [0.25, 0.3) is 0 Å². The van der Waals surface area contributed by atoms with Gasteiger partial charge in [0.15, 0.2) is 0 Å². The Kier molecular flexibility index (Phi) is 2.81. The predicted molar refractivity (Wildman–Crippen MR) is 66.6 cm³/mol. The van der Waals surface area contributed by atoms with Crippen LogP contribution < -0.4 is 5.32 Å². The van der Waals surface area contributed by atoms with Crippen molar-refractivity contribution in [3.05, 3.63) is 21.6 Å². The van der Waals surface area contributed by atoms with E-state index >= 15 is 0 Å². The number of nitrogens with zero attached hydrogens (tertiary/aromatic N) is 3. The van der Waals surface area contributed by atoms with Crippen molar-refractivity contribution in [2.24, 2.45) is 11.8 Å². The van der Waals surface area contributed by atoms with Crippen LogP contribution in [-0.4, -0.2) is 20.9 Å². The van der Waals surface area contributed by atoms with Crippen LogP contribution in [0, 0.1) is 22.0 Å². The largest absolute Gasteiger partial charge is 0.361 e. The van der Waals surface area contributed by atoms with E-state index in [2.05, 4.69) is 15.3 Å². The summed E-state index contributed by atoms with van der Waals surface area (Å²) in [5.74, 6) is 1.63. The minimum absolute atomic E-state index is 0.111. The Morgan fingerprint density at radius 1 is 1.39 bits per heavy atom. The molecule has 2 aliphatic carbocycles. The second-order valence-electron chi connectivity index (χ2n) is 5.04. The number of anilines is 1. The molecule has 96 valence electrons. The Morgan fingerprint density at radius 2 is 2.22 bits per heavy atom. The van der Waals surface area contributed by atoms with Crippen LogP contribution in [-0.2, 0) is 0 Å². The molecule has 2 aliphatic rings. The molecule has 0 spiro atoms. The SMILES string of the molecule is O=[N+]([O-])c1c(Cl)ncnc1NC1CC2CCC1C2. The van der Waals surface area contributed by atoms with Gasteiger partial charge in [0.1, 0.15) is 6.33 Å². The molecule has 0 aromatic carbocycles. The van der Waals surface area contributed by atoms with Crippen molar-refractivity contribution in [3.63, 3.8) is 0 Å². The van der Waals surface area contributed by atoms with Crippen LogP contribution in [0.2, 0.25) is 5.15 Å². The fourth-order valence-corrected chi connectivity index (χ4v) is 3.42. The van der Waals surface area contributed by atoms with E-state index in [0.29, 0.717) is 5.92 Å². The van der Waals surface area contributed by atoms with Crippen LogP contribution >= 0.6 is 11.6 Å². The second-order valence-corrected chi connectivity index (χ2v) is 5.40. The highest BCUT2D eigenvalue weighted by molar-refractivity contribution is 6.31. The van der Waals surface area contributed by atoms with Gasteiger partial charge >= 0.3 is 5.69 Å². The maximum Gasteiger partial charge on any atom is 0.348 e. The van der Waals surface area contributed by atoms with Gasteiger partial charge in [0.25, 0.3) is 0 Å². The summed E-state index contributed by atoms with van der Waals surface area (Å²) in [6.45, 7) is 0. The highest BCUT2D eigenvalue weighted by Crippen LogP contribution is 2.46. The molecule has 0 saturated heterocycles. The predicted octanol–water partition coefficient (Wildman–Crippen LogP) is 2.64. The lowest BCUT2D eigenvalue weighted by molar-refractivity contribution is -0.384. The van der Waals surface area contributed by atoms with Gasteiger partial charge in [-0.3, -0.25) is 10.1 Å². The minimum atomic E-state index is -0.530. The Labute approximate surface area is 109 Å². The van der Waals surface area contributed by atoms with E-state index in [1.807, 2.05) is 0 Å². The van der Waals surface area contributed by atoms with Gasteiger partial charge < -0.3 is 5.32 Å². The number of hydrogen-bond acceptors (Lipinski definition) is 5. The van der Waals surface area contributed by atoms with Gasteiger partial charge in [-0.2, -0.15) is 0 Å². The van der Waals surface area contributed by atoms with Gasteiger partial charge in [-0.05, 0) is 31.1 Å². The molecule has 1 aromatic heterocycles. The first kappa shape index (κ1) is 11.6. The van der Waals surface area contributed by atoms with E-state index in [1.54, 1.807) is 0 Å². The Bertz CT molecular complexity index is 496. The third-order valence-electron chi connectivity index (χ3n) is 4.02. The Morgan fingerprint density at radius 3 is 2.83 bits per heavy atom. The first-order valence-corrected chi connectivity index (χ1v) is 6.44. The third-order valence-corrected chi connectivity index (χ3v) is 4.30. The lowest BCUT2D eigenvalue weighted by Gasteiger charge is -2.23. The molecule has 2 saturated carbocycles. The van der Waals surface area contributed by atoms with E-state index in [0.717, 1.165) is 12.3 Å². The molecule has 7 heteroatoms. The van der Waals surface area contributed by atoms with E-state index in [4.69, 9.17) is 11.6 Å². The summed E-state index contributed by atoms with van der Waals surface area (Å²) in [6, 6.07) is 0.286. The Hall–Kier alpha value is -1.43. The number of nitro groups is 1. The standard InChI is InChI=1S/C11H13ClN4O2/c12-10-9(16(17)18)11(14-5-13-10)15-8-4-6-1-2-7(8)3-6/h5-8H,1-4H2,(H,13,14,15). The van der Waals surface area contributed by atoms with Crippen molar-refractivity contribution in [1.82, 2.24) is 9.97 Å². The molecule has 3 rings (SSSR count). The molecule has 0 aliphatic heterocycles. The molecule has 18 heavy (non-hydrogen) atoms. The van der Waals surface area contributed by atoms with Crippen molar-refractivity contribution in [2.75, 3.05) is 5.32 Å². The molecule has 1 heterocycles. The number of aromatic nitrogens is 2. The van der Waals surface area contributed by atoms with Gasteiger partial charge in [0.05, 0.1) is 4.92 Å².